The second kappa shape index (κ2) is 7.91. The van der Waals surface area contributed by atoms with Gasteiger partial charge in [-0.25, -0.2) is 23.4 Å². The van der Waals surface area contributed by atoms with Gasteiger partial charge in [0.2, 0.25) is 21.9 Å². The Balaban J connectivity index is 1.46. The summed E-state index contributed by atoms with van der Waals surface area (Å²) in [6.45, 7) is 3.39. The molecule has 3 atom stereocenters. The molecule has 33 heavy (non-hydrogen) atoms. The maximum atomic E-state index is 13.3. The van der Waals surface area contributed by atoms with Crippen LogP contribution in [-0.4, -0.2) is 50.5 Å². The van der Waals surface area contributed by atoms with Crippen molar-refractivity contribution in [3.63, 3.8) is 0 Å². The first-order valence-electron chi connectivity index (χ1n) is 10.7. The highest BCUT2D eigenvalue weighted by molar-refractivity contribution is 7.93. The molecule has 2 aliphatic rings. The highest BCUT2D eigenvalue weighted by Gasteiger charge is 2.65. The Morgan fingerprint density at radius 2 is 1.94 bits per heavy atom. The average molecular weight is 490 g/mol. The molecule has 5 rings (SSSR count). The zero-order valence-corrected chi connectivity index (χ0v) is 20.0. The molecule has 0 unspecified atom stereocenters. The normalized spacial score (nSPS) is 20.3. The number of methoxy groups -OCH3 is 1. The third-order valence-electron chi connectivity index (χ3n) is 6.68. The van der Waals surface area contributed by atoms with Crippen LogP contribution in [0.15, 0.2) is 30.6 Å². The van der Waals surface area contributed by atoms with E-state index in [4.69, 9.17) is 16.3 Å². The summed E-state index contributed by atoms with van der Waals surface area (Å²) in [5.41, 5.74) is 0.803. The van der Waals surface area contributed by atoms with E-state index in [0.717, 1.165) is 19.3 Å². The molecule has 1 spiro atoms. The van der Waals surface area contributed by atoms with Crippen molar-refractivity contribution < 1.29 is 13.2 Å². The van der Waals surface area contributed by atoms with Crippen molar-refractivity contribution in [1.29, 1.82) is 0 Å². The summed E-state index contributed by atoms with van der Waals surface area (Å²) in [5, 5.41) is 8.08. The molecule has 0 aromatic carbocycles. The predicted octanol–water partition coefficient (Wildman–Crippen LogP) is 3.45. The number of aromatic nitrogens is 6. The first kappa shape index (κ1) is 22.0. The Morgan fingerprint density at radius 3 is 2.58 bits per heavy atom. The molecule has 0 bridgehead atoms. The first-order valence-corrected chi connectivity index (χ1v) is 12.6. The molecule has 2 fully saturated rings. The second-order valence-corrected chi connectivity index (χ2v) is 11.2. The van der Waals surface area contributed by atoms with E-state index in [2.05, 4.69) is 29.9 Å². The lowest BCUT2D eigenvalue weighted by Gasteiger charge is -2.20. The van der Waals surface area contributed by atoms with Gasteiger partial charge in [-0.2, -0.15) is 0 Å². The Labute approximate surface area is 196 Å². The topological polar surface area (TPSA) is 125 Å². The van der Waals surface area contributed by atoms with Crippen LogP contribution in [0.1, 0.15) is 50.9 Å². The first-order chi connectivity index (χ1) is 15.7. The third-order valence-corrected chi connectivity index (χ3v) is 8.73. The maximum Gasteiger partial charge on any atom is 0.238 e. The lowest BCUT2D eigenvalue weighted by molar-refractivity contribution is 0.398. The summed E-state index contributed by atoms with van der Waals surface area (Å²) in [6, 6.07) is 5.52. The van der Waals surface area contributed by atoms with Gasteiger partial charge in [-0.3, -0.25) is 9.29 Å². The van der Waals surface area contributed by atoms with Gasteiger partial charge in [-0.05, 0) is 37.7 Å². The zero-order valence-electron chi connectivity index (χ0n) is 18.4. The van der Waals surface area contributed by atoms with Crippen molar-refractivity contribution >= 4 is 27.6 Å². The molecule has 12 heteroatoms. The minimum absolute atomic E-state index is 0.139. The highest BCUT2D eigenvalue weighted by atomic mass is 35.5. The number of ether oxygens (including phenoxy) is 1. The van der Waals surface area contributed by atoms with Crippen molar-refractivity contribution in [2.75, 3.05) is 11.8 Å². The molecule has 2 aliphatic carbocycles. The fourth-order valence-electron chi connectivity index (χ4n) is 4.13. The molecule has 0 amide bonds. The van der Waals surface area contributed by atoms with Crippen LogP contribution in [0.4, 0.5) is 5.95 Å². The van der Waals surface area contributed by atoms with Gasteiger partial charge in [-0.1, -0.05) is 24.6 Å². The Hall–Kier alpha value is -2.79. The number of sulfonamides is 1. The molecule has 0 aliphatic heterocycles. The zero-order chi connectivity index (χ0) is 23.4. The van der Waals surface area contributed by atoms with E-state index < -0.39 is 21.2 Å². The Bertz CT molecular complexity index is 1290. The Morgan fingerprint density at radius 1 is 1.21 bits per heavy atom. The number of halogens is 1. The lowest BCUT2D eigenvalue weighted by atomic mass is 10.1. The van der Waals surface area contributed by atoms with Gasteiger partial charge in [0.05, 0.1) is 17.4 Å². The minimum Gasteiger partial charge on any atom is -0.481 e. The fourth-order valence-corrected chi connectivity index (χ4v) is 5.47. The second-order valence-electron chi connectivity index (χ2n) is 8.77. The predicted molar refractivity (Wildman–Crippen MR) is 123 cm³/mol. The van der Waals surface area contributed by atoms with E-state index in [-0.39, 0.29) is 17.4 Å². The summed E-state index contributed by atoms with van der Waals surface area (Å²) >= 11 is 5.86. The van der Waals surface area contributed by atoms with E-state index in [0.29, 0.717) is 28.2 Å². The quantitative estimate of drug-likeness (QED) is 0.510. The molecule has 3 aromatic rings. The van der Waals surface area contributed by atoms with Gasteiger partial charge >= 0.3 is 0 Å². The molecule has 3 heterocycles. The van der Waals surface area contributed by atoms with E-state index in [1.54, 1.807) is 27.0 Å². The molecule has 2 saturated carbocycles. The van der Waals surface area contributed by atoms with Crippen LogP contribution in [0.5, 0.6) is 5.88 Å². The number of nitrogens with zero attached hydrogens (tertiary/aromatic N) is 6. The molecular formula is C21H24ClN7O3S. The molecular weight excluding hydrogens is 466 g/mol. The molecule has 1 N–H and O–H groups in total. The van der Waals surface area contributed by atoms with Crippen LogP contribution < -0.4 is 9.46 Å². The summed E-state index contributed by atoms with van der Waals surface area (Å²) in [7, 11) is -2.28. The van der Waals surface area contributed by atoms with Crippen LogP contribution in [0.25, 0.3) is 11.5 Å². The smallest absolute Gasteiger partial charge is 0.238 e. The van der Waals surface area contributed by atoms with Crippen molar-refractivity contribution in [3.8, 4) is 17.4 Å². The number of anilines is 1. The Kier molecular flexibility index (Phi) is 5.28. The van der Waals surface area contributed by atoms with Gasteiger partial charge in [0.15, 0.2) is 5.82 Å². The van der Waals surface area contributed by atoms with Gasteiger partial charge in [0.1, 0.15) is 11.5 Å². The molecule has 0 saturated heterocycles. The number of hydrogen-bond acceptors (Lipinski definition) is 8. The maximum absolute atomic E-state index is 13.3. The van der Waals surface area contributed by atoms with Crippen molar-refractivity contribution in [2.45, 2.75) is 50.3 Å². The van der Waals surface area contributed by atoms with Gasteiger partial charge in [-0.15, -0.1) is 10.2 Å². The van der Waals surface area contributed by atoms with Crippen molar-refractivity contribution in [3.05, 3.63) is 41.4 Å². The molecule has 0 radical (unpaired) electrons. The van der Waals surface area contributed by atoms with Crippen LogP contribution in [0.2, 0.25) is 5.02 Å². The monoisotopic (exact) mass is 489 g/mol. The largest absolute Gasteiger partial charge is 0.481 e. The summed E-state index contributed by atoms with van der Waals surface area (Å²) in [5.74, 6) is 1.10. The van der Waals surface area contributed by atoms with Gasteiger partial charge in [0.25, 0.3) is 0 Å². The summed E-state index contributed by atoms with van der Waals surface area (Å²) < 4.78 is 36.4. The number of rotatable bonds is 8. The fraction of sp³-hybridized carbons (Fsp3) is 0.476. The van der Waals surface area contributed by atoms with E-state index in [1.165, 1.54) is 12.4 Å². The van der Waals surface area contributed by atoms with Crippen LogP contribution in [0, 0.1) is 5.41 Å². The molecule has 174 valence electrons. The van der Waals surface area contributed by atoms with Crippen molar-refractivity contribution in [2.24, 2.45) is 5.41 Å². The van der Waals surface area contributed by atoms with Gasteiger partial charge in [0, 0.05) is 30.4 Å². The number of hydrogen-bond donors (Lipinski definition) is 1. The highest BCUT2D eigenvalue weighted by Crippen LogP contribution is 2.73. The molecule has 3 aromatic heterocycles. The van der Waals surface area contributed by atoms with E-state index in [1.807, 2.05) is 16.7 Å². The molecule has 10 nitrogen and oxygen atoms in total. The van der Waals surface area contributed by atoms with E-state index >= 15 is 0 Å². The average Bonchev–Trinajstić information content (AvgIpc) is 3.71. The van der Waals surface area contributed by atoms with E-state index in [9.17, 15) is 8.42 Å². The van der Waals surface area contributed by atoms with Crippen LogP contribution >= 0.6 is 11.6 Å². The number of pyridine rings is 1. The summed E-state index contributed by atoms with van der Waals surface area (Å²) in [6.07, 6.45) is 6.13. The third kappa shape index (κ3) is 4.04. The standard InChI is InChI=1S/C21H24ClN7O3S/c1-12(18-23-10-14(22)11-24-18)13(2)33(30,31)28-20-27-26-19(15-5-4-6-17(25-15)32-3)29(20)16-9-21(16)7-8-21/h4-6,10-13,16H,7-9H2,1-3H3,(H,27,28)/t12-,13-,16+/m0/s1. The van der Waals surface area contributed by atoms with Crippen molar-refractivity contribution in [1.82, 2.24) is 29.7 Å². The lowest BCUT2D eigenvalue weighted by Crippen LogP contribution is -2.31. The van der Waals surface area contributed by atoms with Crippen LogP contribution in [-0.2, 0) is 10.0 Å². The van der Waals surface area contributed by atoms with Crippen LogP contribution in [0.3, 0.4) is 0 Å². The SMILES string of the molecule is COc1cccc(-c2nnc(NS(=O)(=O)[C@@H](C)[C@H](C)c3ncc(Cl)cn3)n2[C@@H]2CC23CC3)n1. The number of nitrogens with one attached hydrogen (secondary N) is 1. The minimum atomic E-state index is -3.83. The van der Waals surface area contributed by atoms with Gasteiger partial charge < -0.3 is 4.74 Å². The summed E-state index contributed by atoms with van der Waals surface area (Å²) in [4.78, 5) is 12.8.